The molecule has 142 valence electrons. The Morgan fingerprint density at radius 3 is 2.85 bits per heavy atom. The van der Waals surface area contributed by atoms with E-state index in [2.05, 4.69) is 5.32 Å². The van der Waals surface area contributed by atoms with E-state index in [1.807, 2.05) is 6.07 Å². The van der Waals surface area contributed by atoms with Crippen molar-refractivity contribution in [2.24, 2.45) is 0 Å². The molecule has 2 aromatic rings. The molecular formula is C21H23FN2O3. The number of carbonyl (C=O) groups is 1. The van der Waals surface area contributed by atoms with Crippen LogP contribution in [0.1, 0.15) is 30.4 Å². The average molecular weight is 370 g/mol. The highest BCUT2D eigenvalue weighted by Crippen LogP contribution is 2.53. The highest BCUT2D eigenvalue weighted by Gasteiger charge is 2.50. The molecule has 1 heterocycles. The fraction of sp³-hybridized carbons (Fsp3) is 0.381. The molecule has 2 aliphatic rings. The number of carbonyl (C=O) groups excluding carboxylic acids is 1. The Kier molecular flexibility index (Phi) is 4.42. The Balaban J connectivity index is 1.43. The number of hydrogen-bond acceptors (Lipinski definition) is 3. The summed E-state index contributed by atoms with van der Waals surface area (Å²) < 4.78 is 19.5. The third kappa shape index (κ3) is 2.99. The molecule has 1 saturated carbocycles. The number of anilines is 1. The number of nitrogens with zero attached hydrogens (tertiary/aromatic N) is 1. The van der Waals surface area contributed by atoms with E-state index in [1.165, 1.54) is 13.2 Å². The van der Waals surface area contributed by atoms with Crippen molar-refractivity contribution in [3.8, 4) is 11.5 Å². The summed E-state index contributed by atoms with van der Waals surface area (Å²) in [5.74, 6) is 0.292. The molecule has 1 aliphatic carbocycles. The number of aromatic hydroxyl groups is 1. The van der Waals surface area contributed by atoms with Gasteiger partial charge < -0.3 is 15.2 Å². The van der Waals surface area contributed by atoms with Crippen molar-refractivity contribution in [2.45, 2.75) is 31.1 Å². The predicted octanol–water partition coefficient (Wildman–Crippen LogP) is 3.73. The van der Waals surface area contributed by atoms with Crippen molar-refractivity contribution >= 4 is 11.7 Å². The lowest BCUT2D eigenvalue weighted by Crippen LogP contribution is -2.45. The van der Waals surface area contributed by atoms with E-state index in [0.29, 0.717) is 36.5 Å². The number of nitrogens with one attached hydrogen (secondary N) is 1. The number of halogens is 1. The van der Waals surface area contributed by atoms with Gasteiger partial charge in [-0.3, -0.25) is 4.90 Å². The molecule has 2 amide bonds. The molecule has 27 heavy (non-hydrogen) atoms. The number of fused-ring (bicyclic) bond motifs is 2. The molecule has 0 bridgehead atoms. The average Bonchev–Trinajstić information content (AvgIpc) is 3.00. The Morgan fingerprint density at radius 2 is 2.15 bits per heavy atom. The van der Waals surface area contributed by atoms with Crippen LogP contribution < -0.4 is 15.0 Å². The second kappa shape index (κ2) is 6.76. The molecule has 2 N–H and O–H groups in total. The quantitative estimate of drug-likeness (QED) is 0.862. The second-order valence-corrected chi connectivity index (χ2v) is 7.34. The first-order valence-corrected chi connectivity index (χ1v) is 9.24. The van der Waals surface area contributed by atoms with Gasteiger partial charge in [0.25, 0.3) is 0 Å². The Bertz CT molecular complexity index is 880. The number of phenolic OH excluding ortho intramolecular Hbond substituents is 1. The van der Waals surface area contributed by atoms with Crippen LogP contribution in [0, 0.1) is 5.82 Å². The Morgan fingerprint density at radius 1 is 1.33 bits per heavy atom. The highest BCUT2D eigenvalue weighted by atomic mass is 19.1. The van der Waals surface area contributed by atoms with Crippen molar-refractivity contribution in [1.82, 2.24) is 5.32 Å². The maximum absolute atomic E-state index is 14.4. The van der Waals surface area contributed by atoms with Gasteiger partial charge in [0.15, 0.2) is 11.5 Å². The van der Waals surface area contributed by atoms with E-state index in [9.17, 15) is 14.3 Å². The largest absolute Gasteiger partial charge is 0.504 e. The maximum Gasteiger partial charge on any atom is 0.321 e. The van der Waals surface area contributed by atoms with Crippen molar-refractivity contribution in [3.63, 3.8) is 0 Å². The third-order valence-corrected chi connectivity index (χ3v) is 5.76. The fourth-order valence-electron chi connectivity index (χ4n) is 4.21. The van der Waals surface area contributed by atoms with Gasteiger partial charge in [0.1, 0.15) is 5.82 Å². The molecule has 0 atom stereocenters. The fourth-order valence-corrected chi connectivity index (χ4v) is 4.21. The number of amides is 2. The Labute approximate surface area is 157 Å². The third-order valence-electron chi connectivity index (χ3n) is 5.76. The van der Waals surface area contributed by atoms with Crippen LogP contribution in [-0.2, 0) is 11.8 Å². The van der Waals surface area contributed by atoms with Crippen molar-refractivity contribution in [1.29, 1.82) is 0 Å². The van der Waals surface area contributed by atoms with Gasteiger partial charge in [-0.15, -0.1) is 0 Å². The molecule has 0 aromatic heterocycles. The number of benzene rings is 2. The van der Waals surface area contributed by atoms with Crippen LogP contribution in [0.15, 0.2) is 36.4 Å². The lowest BCUT2D eigenvalue weighted by molar-refractivity contribution is 0.234. The van der Waals surface area contributed by atoms with E-state index in [1.54, 1.807) is 29.2 Å². The van der Waals surface area contributed by atoms with Gasteiger partial charge in [-0.25, -0.2) is 9.18 Å². The number of ether oxygens (including phenoxy) is 1. The summed E-state index contributed by atoms with van der Waals surface area (Å²) >= 11 is 0. The number of rotatable bonds is 4. The maximum atomic E-state index is 14.4. The van der Waals surface area contributed by atoms with Gasteiger partial charge in [-0.2, -0.15) is 0 Å². The van der Waals surface area contributed by atoms with Crippen LogP contribution in [-0.4, -0.2) is 31.3 Å². The minimum Gasteiger partial charge on any atom is -0.504 e. The van der Waals surface area contributed by atoms with Gasteiger partial charge in [0.05, 0.1) is 12.8 Å². The lowest BCUT2D eigenvalue weighted by Gasteiger charge is -2.38. The summed E-state index contributed by atoms with van der Waals surface area (Å²) in [6.45, 7) is 0.989. The van der Waals surface area contributed by atoms with Crippen LogP contribution in [0.3, 0.4) is 0 Å². The SMILES string of the molecule is COc1cc(CCNC(=O)N2CC3(CCC3)c3c(F)cccc32)ccc1O. The summed E-state index contributed by atoms with van der Waals surface area (Å²) in [6, 6.07) is 9.91. The molecule has 1 spiro atoms. The number of methoxy groups -OCH3 is 1. The van der Waals surface area contributed by atoms with Crippen LogP contribution in [0.5, 0.6) is 11.5 Å². The number of urea groups is 1. The van der Waals surface area contributed by atoms with Gasteiger partial charge >= 0.3 is 6.03 Å². The topological polar surface area (TPSA) is 61.8 Å². The zero-order valence-electron chi connectivity index (χ0n) is 15.3. The van der Waals surface area contributed by atoms with Crippen molar-refractivity contribution < 1.29 is 19.0 Å². The molecule has 4 rings (SSSR count). The van der Waals surface area contributed by atoms with Crippen LogP contribution >= 0.6 is 0 Å². The lowest BCUT2D eigenvalue weighted by atomic mass is 9.65. The van der Waals surface area contributed by atoms with Gasteiger partial charge in [-0.05, 0) is 49.1 Å². The molecule has 5 nitrogen and oxygen atoms in total. The number of hydrogen-bond donors (Lipinski definition) is 2. The summed E-state index contributed by atoms with van der Waals surface area (Å²) in [6.07, 6.45) is 3.54. The van der Waals surface area contributed by atoms with Crippen LogP contribution in [0.25, 0.3) is 0 Å². The van der Waals surface area contributed by atoms with Gasteiger partial charge in [0.2, 0.25) is 0 Å². The molecule has 1 fully saturated rings. The van der Waals surface area contributed by atoms with Crippen molar-refractivity contribution in [3.05, 3.63) is 53.3 Å². The summed E-state index contributed by atoms with van der Waals surface area (Å²) in [7, 11) is 1.50. The van der Waals surface area contributed by atoms with Gasteiger partial charge in [-0.1, -0.05) is 18.6 Å². The van der Waals surface area contributed by atoms with E-state index in [-0.39, 0.29) is 23.0 Å². The monoisotopic (exact) mass is 370 g/mol. The van der Waals surface area contributed by atoms with Crippen LogP contribution in [0.4, 0.5) is 14.9 Å². The molecule has 0 radical (unpaired) electrons. The van der Waals surface area contributed by atoms with E-state index in [4.69, 9.17) is 4.74 Å². The molecule has 0 saturated heterocycles. The smallest absolute Gasteiger partial charge is 0.321 e. The predicted molar refractivity (Wildman–Crippen MR) is 101 cm³/mol. The summed E-state index contributed by atoms with van der Waals surface area (Å²) in [4.78, 5) is 14.4. The minimum absolute atomic E-state index is 0.0896. The molecule has 2 aromatic carbocycles. The highest BCUT2D eigenvalue weighted by molar-refractivity contribution is 5.95. The Hall–Kier alpha value is -2.76. The van der Waals surface area contributed by atoms with E-state index in [0.717, 1.165) is 24.8 Å². The second-order valence-electron chi connectivity index (χ2n) is 7.34. The normalized spacial score (nSPS) is 16.7. The first-order valence-electron chi connectivity index (χ1n) is 9.24. The standard InChI is InChI=1S/C21H23FN2O3/c1-27-18-12-14(6-7-17(18)25)8-11-23-20(26)24-13-21(9-3-10-21)19-15(22)4-2-5-16(19)24/h2,4-7,12,25H,3,8-11,13H2,1H3,(H,23,26). The molecule has 1 aliphatic heterocycles. The van der Waals surface area contributed by atoms with E-state index < -0.39 is 0 Å². The summed E-state index contributed by atoms with van der Waals surface area (Å²) in [5.41, 5.74) is 2.14. The first-order chi connectivity index (χ1) is 13.0. The minimum atomic E-state index is -0.210. The summed E-state index contributed by atoms with van der Waals surface area (Å²) in [5, 5.41) is 12.6. The van der Waals surface area contributed by atoms with E-state index >= 15 is 0 Å². The van der Waals surface area contributed by atoms with Crippen LogP contribution in [0.2, 0.25) is 0 Å². The molecule has 6 heteroatoms. The van der Waals surface area contributed by atoms with Gasteiger partial charge in [0, 0.05) is 24.1 Å². The first kappa shape index (κ1) is 17.6. The van der Waals surface area contributed by atoms with Crippen molar-refractivity contribution in [2.75, 3.05) is 25.1 Å². The number of phenols is 1. The molecule has 0 unspecified atom stereocenters. The zero-order valence-corrected chi connectivity index (χ0v) is 15.3. The zero-order chi connectivity index (χ0) is 19.0. The molecular weight excluding hydrogens is 347 g/mol.